The minimum absolute atomic E-state index is 0.314. The molecule has 2 aromatic rings. The molecule has 1 N–H and O–H groups in total. The zero-order chi connectivity index (χ0) is 12.1. The molecule has 1 atom stereocenters. The first kappa shape index (κ1) is 12.0. The van der Waals surface area contributed by atoms with E-state index in [0.717, 1.165) is 18.0 Å². The van der Waals surface area contributed by atoms with Crippen molar-refractivity contribution < 1.29 is 0 Å². The predicted octanol–water partition coefficient (Wildman–Crippen LogP) is 3.66. The molecule has 4 heteroatoms. The lowest BCUT2D eigenvalue weighted by molar-refractivity contribution is 0.745. The van der Waals surface area contributed by atoms with Crippen LogP contribution in [0.4, 0.5) is 5.13 Å². The van der Waals surface area contributed by atoms with Crippen LogP contribution in [0.2, 0.25) is 0 Å². The van der Waals surface area contributed by atoms with Crippen LogP contribution in [0.15, 0.2) is 29.8 Å². The Morgan fingerprint density at radius 3 is 2.53 bits per heavy atom. The molecule has 0 fully saturated rings. The Labute approximate surface area is 106 Å². The maximum atomic E-state index is 4.02. The van der Waals surface area contributed by atoms with E-state index >= 15 is 0 Å². The number of hydrogen-bond donors (Lipinski definition) is 1. The van der Waals surface area contributed by atoms with Gasteiger partial charge in [-0.05, 0) is 24.0 Å². The molecule has 2 rings (SSSR count). The minimum atomic E-state index is 0.314. The topological polar surface area (TPSA) is 37.8 Å². The van der Waals surface area contributed by atoms with Crippen molar-refractivity contribution in [3.63, 3.8) is 0 Å². The van der Waals surface area contributed by atoms with Crippen molar-refractivity contribution in [3.8, 4) is 0 Å². The largest absolute Gasteiger partial charge is 0.353 e. The van der Waals surface area contributed by atoms with Gasteiger partial charge in [-0.3, -0.25) is 0 Å². The standard InChI is InChI=1S/C13H17N3S/c1-3-10-5-7-11(8-6-10)12(4-2)15-13-16-14-9-17-13/h5-9,12H,3-4H2,1-2H3,(H,15,16). The summed E-state index contributed by atoms with van der Waals surface area (Å²) in [6.45, 7) is 4.35. The Morgan fingerprint density at radius 2 is 2.00 bits per heavy atom. The summed E-state index contributed by atoms with van der Waals surface area (Å²) in [6, 6.07) is 9.09. The van der Waals surface area contributed by atoms with Crippen LogP contribution < -0.4 is 5.32 Å². The number of aryl methyl sites for hydroxylation is 1. The number of nitrogens with zero attached hydrogens (tertiary/aromatic N) is 2. The Kier molecular flexibility index (Phi) is 4.09. The van der Waals surface area contributed by atoms with Gasteiger partial charge in [0.15, 0.2) is 0 Å². The minimum Gasteiger partial charge on any atom is -0.353 e. The summed E-state index contributed by atoms with van der Waals surface area (Å²) in [5.41, 5.74) is 4.43. The van der Waals surface area contributed by atoms with Crippen molar-refractivity contribution in [1.82, 2.24) is 10.2 Å². The molecular formula is C13H17N3S. The summed E-state index contributed by atoms with van der Waals surface area (Å²) < 4.78 is 0. The van der Waals surface area contributed by atoms with E-state index in [2.05, 4.69) is 53.6 Å². The highest BCUT2D eigenvalue weighted by molar-refractivity contribution is 7.13. The maximum Gasteiger partial charge on any atom is 0.205 e. The van der Waals surface area contributed by atoms with Crippen molar-refractivity contribution in [3.05, 3.63) is 40.9 Å². The van der Waals surface area contributed by atoms with Gasteiger partial charge in [0.05, 0.1) is 6.04 Å². The zero-order valence-corrected chi connectivity index (χ0v) is 11.0. The van der Waals surface area contributed by atoms with Gasteiger partial charge in [-0.25, -0.2) is 0 Å². The highest BCUT2D eigenvalue weighted by Crippen LogP contribution is 2.23. The van der Waals surface area contributed by atoms with Crippen LogP contribution in [0.3, 0.4) is 0 Å². The van der Waals surface area contributed by atoms with Gasteiger partial charge in [-0.15, -0.1) is 10.2 Å². The van der Waals surface area contributed by atoms with Crippen molar-refractivity contribution in [2.45, 2.75) is 32.7 Å². The first-order valence-electron chi connectivity index (χ1n) is 5.95. The van der Waals surface area contributed by atoms with E-state index in [1.165, 1.54) is 22.5 Å². The molecular weight excluding hydrogens is 230 g/mol. The van der Waals surface area contributed by atoms with Gasteiger partial charge in [0, 0.05) is 0 Å². The molecule has 0 aliphatic heterocycles. The van der Waals surface area contributed by atoms with E-state index in [1.807, 2.05) is 0 Å². The van der Waals surface area contributed by atoms with E-state index < -0.39 is 0 Å². The van der Waals surface area contributed by atoms with Crippen LogP contribution in [0, 0.1) is 0 Å². The van der Waals surface area contributed by atoms with Crippen LogP contribution in [0.25, 0.3) is 0 Å². The molecule has 1 unspecified atom stereocenters. The maximum absolute atomic E-state index is 4.02. The molecule has 0 aliphatic rings. The number of aromatic nitrogens is 2. The molecule has 1 aromatic heterocycles. The third-order valence-electron chi connectivity index (χ3n) is 2.86. The molecule has 1 heterocycles. The summed E-state index contributed by atoms with van der Waals surface area (Å²) in [5, 5.41) is 12.2. The van der Waals surface area contributed by atoms with Crippen LogP contribution in [-0.2, 0) is 6.42 Å². The number of benzene rings is 1. The lowest BCUT2D eigenvalue weighted by atomic mass is 10.0. The van der Waals surface area contributed by atoms with Gasteiger partial charge >= 0.3 is 0 Å². The fraction of sp³-hybridized carbons (Fsp3) is 0.385. The zero-order valence-electron chi connectivity index (χ0n) is 10.2. The monoisotopic (exact) mass is 247 g/mol. The predicted molar refractivity (Wildman–Crippen MR) is 72.4 cm³/mol. The number of hydrogen-bond acceptors (Lipinski definition) is 4. The second-order valence-electron chi connectivity index (χ2n) is 3.94. The van der Waals surface area contributed by atoms with E-state index in [4.69, 9.17) is 0 Å². The highest BCUT2D eigenvalue weighted by Gasteiger charge is 2.10. The van der Waals surface area contributed by atoms with Crippen molar-refractivity contribution in [2.24, 2.45) is 0 Å². The van der Waals surface area contributed by atoms with Gasteiger partial charge in [-0.1, -0.05) is 49.4 Å². The van der Waals surface area contributed by atoms with Crippen molar-refractivity contribution >= 4 is 16.5 Å². The Hall–Kier alpha value is -1.42. The van der Waals surface area contributed by atoms with E-state index in [9.17, 15) is 0 Å². The third-order valence-corrected chi connectivity index (χ3v) is 3.48. The fourth-order valence-corrected chi connectivity index (χ4v) is 2.29. The molecule has 0 saturated carbocycles. The second kappa shape index (κ2) is 5.77. The molecule has 0 bridgehead atoms. The van der Waals surface area contributed by atoms with E-state index in [0.29, 0.717) is 6.04 Å². The SMILES string of the molecule is CCc1ccc(C(CC)Nc2nncs2)cc1. The summed E-state index contributed by atoms with van der Waals surface area (Å²) in [6.07, 6.45) is 2.12. The van der Waals surface area contributed by atoms with Gasteiger partial charge in [0.1, 0.15) is 5.51 Å². The molecule has 0 saturated heterocycles. The highest BCUT2D eigenvalue weighted by atomic mass is 32.1. The van der Waals surface area contributed by atoms with Crippen molar-refractivity contribution in [1.29, 1.82) is 0 Å². The lowest BCUT2D eigenvalue weighted by Gasteiger charge is -2.16. The summed E-state index contributed by atoms with van der Waals surface area (Å²) in [5.74, 6) is 0. The normalized spacial score (nSPS) is 12.4. The fourth-order valence-electron chi connectivity index (χ4n) is 1.79. The van der Waals surface area contributed by atoms with E-state index in [-0.39, 0.29) is 0 Å². The first-order valence-corrected chi connectivity index (χ1v) is 6.83. The van der Waals surface area contributed by atoms with Gasteiger partial charge < -0.3 is 5.32 Å². The Morgan fingerprint density at radius 1 is 1.24 bits per heavy atom. The summed E-state index contributed by atoms with van der Waals surface area (Å²) in [4.78, 5) is 0. The molecule has 3 nitrogen and oxygen atoms in total. The second-order valence-corrected chi connectivity index (χ2v) is 4.78. The Balaban J connectivity index is 2.11. The molecule has 0 spiro atoms. The van der Waals surface area contributed by atoms with Crippen molar-refractivity contribution in [2.75, 3.05) is 5.32 Å². The summed E-state index contributed by atoms with van der Waals surface area (Å²) in [7, 11) is 0. The molecule has 17 heavy (non-hydrogen) atoms. The average molecular weight is 247 g/mol. The van der Waals surface area contributed by atoms with E-state index in [1.54, 1.807) is 5.51 Å². The average Bonchev–Trinajstić information content (AvgIpc) is 2.89. The lowest BCUT2D eigenvalue weighted by Crippen LogP contribution is -2.09. The quantitative estimate of drug-likeness (QED) is 0.876. The first-order chi connectivity index (χ1) is 8.33. The molecule has 0 amide bonds. The molecule has 0 aliphatic carbocycles. The number of anilines is 1. The number of nitrogens with one attached hydrogen (secondary N) is 1. The van der Waals surface area contributed by atoms with Gasteiger partial charge in [0.2, 0.25) is 5.13 Å². The Bertz CT molecular complexity index is 436. The molecule has 1 aromatic carbocycles. The van der Waals surface area contributed by atoms with Crippen LogP contribution in [-0.4, -0.2) is 10.2 Å². The van der Waals surface area contributed by atoms with Crippen LogP contribution in [0.5, 0.6) is 0 Å². The third kappa shape index (κ3) is 3.03. The molecule has 0 radical (unpaired) electrons. The van der Waals surface area contributed by atoms with Gasteiger partial charge in [0.25, 0.3) is 0 Å². The van der Waals surface area contributed by atoms with Crippen LogP contribution >= 0.6 is 11.3 Å². The van der Waals surface area contributed by atoms with Gasteiger partial charge in [-0.2, -0.15) is 0 Å². The smallest absolute Gasteiger partial charge is 0.205 e. The van der Waals surface area contributed by atoms with Crippen LogP contribution in [0.1, 0.15) is 37.4 Å². The summed E-state index contributed by atoms with van der Waals surface area (Å²) >= 11 is 1.54. The number of rotatable bonds is 5. The molecule has 90 valence electrons.